The molecule has 0 saturated heterocycles. The highest BCUT2D eigenvalue weighted by atomic mass is 79.9. The third-order valence-electron chi connectivity index (χ3n) is 3.18. The van der Waals surface area contributed by atoms with Crippen LogP contribution in [0.2, 0.25) is 5.02 Å². The van der Waals surface area contributed by atoms with Crippen molar-refractivity contribution in [2.45, 2.75) is 0 Å². The number of carbonyl (C=O) groups is 1. The van der Waals surface area contributed by atoms with E-state index in [1.54, 1.807) is 18.2 Å². The first-order valence-electron chi connectivity index (χ1n) is 6.74. The molecule has 0 aliphatic carbocycles. The molecule has 0 atom stereocenters. The molecule has 1 aromatic heterocycles. The van der Waals surface area contributed by atoms with Crippen LogP contribution >= 0.6 is 38.9 Å². The molecule has 23 heavy (non-hydrogen) atoms. The molecule has 0 radical (unpaired) electrons. The Hall–Kier alpha value is -1.63. The molecular weight excluding hydrogens is 400 g/mol. The number of hydrogen-bond donors (Lipinski definition) is 0. The Balaban J connectivity index is 1.79. The number of benzene rings is 2. The highest BCUT2D eigenvalue weighted by molar-refractivity contribution is 9.10. The maximum atomic E-state index is 12.0. The summed E-state index contributed by atoms with van der Waals surface area (Å²) in [5.41, 5.74) is 1.04. The molecule has 7 heteroatoms. The average Bonchev–Trinajstić information content (AvgIpc) is 2.83. The molecule has 118 valence electrons. The summed E-state index contributed by atoms with van der Waals surface area (Å²) in [6, 6.07) is 13.1. The van der Waals surface area contributed by atoms with E-state index < -0.39 is 0 Å². The Morgan fingerprint density at radius 3 is 2.87 bits per heavy atom. The van der Waals surface area contributed by atoms with Gasteiger partial charge >= 0.3 is 0 Å². The number of ether oxygens (including phenoxy) is 1. The molecule has 3 rings (SSSR count). The Kier molecular flexibility index (Phi) is 4.84. The normalized spacial score (nSPS) is 11.9. The lowest BCUT2D eigenvalue weighted by Crippen LogP contribution is -2.17. The van der Waals surface area contributed by atoms with Gasteiger partial charge in [-0.15, -0.1) is 0 Å². The number of para-hydroxylation sites is 1. The van der Waals surface area contributed by atoms with E-state index in [0.29, 0.717) is 15.6 Å². The van der Waals surface area contributed by atoms with E-state index in [9.17, 15) is 4.79 Å². The number of fused-ring (bicyclic) bond motifs is 1. The summed E-state index contributed by atoms with van der Waals surface area (Å²) in [6.45, 7) is -0.157. The van der Waals surface area contributed by atoms with Crippen molar-refractivity contribution in [3.05, 3.63) is 56.8 Å². The van der Waals surface area contributed by atoms with Gasteiger partial charge in [0.2, 0.25) is 0 Å². The van der Waals surface area contributed by atoms with Crippen LogP contribution in [0.4, 0.5) is 0 Å². The van der Waals surface area contributed by atoms with Gasteiger partial charge < -0.3 is 9.30 Å². The van der Waals surface area contributed by atoms with Crippen molar-refractivity contribution in [1.82, 2.24) is 4.57 Å². The molecule has 3 aromatic rings. The third-order valence-corrected chi connectivity index (χ3v) is 5.08. The lowest BCUT2D eigenvalue weighted by Gasteiger charge is -2.05. The second-order valence-corrected chi connectivity index (χ2v) is 7.11. The molecule has 0 aliphatic heterocycles. The SMILES string of the molecule is Cn1c(=NC(=O)COc2ccc(Br)cc2Cl)sc2ccccc21. The van der Waals surface area contributed by atoms with E-state index >= 15 is 0 Å². The van der Waals surface area contributed by atoms with Crippen molar-refractivity contribution in [3.63, 3.8) is 0 Å². The van der Waals surface area contributed by atoms with Gasteiger partial charge in [-0.2, -0.15) is 4.99 Å². The lowest BCUT2D eigenvalue weighted by atomic mass is 10.3. The average molecular weight is 412 g/mol. The molecule has 1 heterocycles. The first-order valence-corrected chi connectivity index (χ1v) is 8.73. The van der Waals surface area contributed by atoms with E-state index in [1.165, 1.54) is 11.3 Å². The maximum absolute atomic E-state index is 12.0. The summed E-state index contributed by atoms with van der Waals surface area (Å²) < 4.78 is 9.26. The van der Waals surface area contributed by atoms with Crippen molar-refractivity contribution >= 4 is 55.0 Å². The fourth-order valence-corrected chi connectivity index (χ4v) is 3.82. The minimum atomic E-state index is -0.355. The number of carbonyl (C=O) groups excluding carboxylic acids is 1. The van der Waals surface area contributed by atoms with Crippen LogP contribution in [-0.4, -0.2) is 17.1 Å². The number of aromatic nitrogens is 1. The van der Waals surface area contributed by atoms with Gasteiger partial charge in [-0.1, -0.05) is 51.0 Å². The smallest absolute Gasteiger partial charge is 0.286 e. The Bertz CT molecular complexity index is 949. The van der Waals surface area contributed by atoms with E-state index in [-0.39, 0.29) is 12.5 Å². The Morgan fingerprint density at radius 1 is 1.35 bits per heavy atom. The van der Waals surface area contributed by atoms with Crippen molar-refractivity contribution < 1.29 is 9.53 Å². The highest BCUT2D eigenvalue weighted by Gasteiger charge is 2.07. The number of hydrogen-bond acceptors (Lipinski definition) is 3. The van der Waals surface area contributed by atoms with Gasteiger partial charge in [0.15, 0.2) is 11.4 Å². The monoisotopic (exact) mass is 410 g/mol. The first kappa shape index (κ1) is 16.2. The fraction of sp³-hybridized carbons (Fsp3) is 0.125. The van der Waals surface area contributed by atoms with Crippen LogP contribution < -0.4 is 9.54 Å². The van der Waals surface area contributed by atoms with Crippen LogP contribution in [0, 0.1) is 0 Å². The van der Waals surface area contributed by atoms with Crippen LogP contribution in [0.1, 0.15) is 0 Å². The summed E-state index contributed by atoms with van der Waals surface area (Å²) in [6.07, 6.45) is 0. The predicted molar refractivity (Wildman–Crippen MR) is 96.0 cm³/mol. The van der Waals surface area contributed by atoms with Gasteiger partial charge in [0.1, 0.15) is 5.75 Å². The van der Waals surface area contributed by atoms with Crippen LogP contribution in [0.15, 0.2) is 51.9 Å². The molecule has 0 saturated carbocycles. The van der Waals surface area contributed by atoms with Crippen molar-refractivity contribution in [1.29, 1.82) is 0 Å². The second kappa shape index (κ2) is 6.86. The topological polar surface area (TPSA) is 43.6 Å². The molecule has 0 unspecified atom stereocenters. The van der Waals surface area contributed by atoms with Gasteiger partial charge in [-0.3, -0.25) is 4.79 Å². The lowest BCUT2D eigenvalue weighted by molar-refractivity contribution is -0.120. The first-order chi connectivity index (χ1) is 11.0. The number of rotatable bonds is 3. The summed E-state index contributed by atoms with van der Waals surface area (Å²) in [4.78, 5) is 16.8. The van der Waals surface area contributed by atoms with Gasteiger partial charge in [0, 0.05) is 11.5 Å². The Morgan fingerprint density at radius 2 is 2.13 bits per heavy atom. The number of nitrogens with zero attached hydrogens (tertiary/aromatic N) is 2. The minimum absolute atomic E-state index is 0.157. The Labute approximate surface area is 150 Å². The number of thiazole rings is 1. The summed E-state index contributed by atoms with van der Waals surface area (Å²) in [5, 5.41) is 0.444. The largest absolute Gasteiger partial charge is 0.482 e. The maximum Gasteiger partial charge on any atom is 0.286 e. The molecule has 0 fully saturated rings. The van der Waals surface area contributed by atoms with Crippen LogP contribution in [0.25, 0.3) is 10.2 Å². The molecule has 4 nitrogen and oxygen atoms in total. The molecular formula is C16H12BrClN2O2S. The highest BCUT2D eigenvalue weighted by Crippen LogP contribution is 2.27. The number of aryl methyl sites for hydroxylation is 1. The van der Waals surface area contributed by atoms with Gasteiger partial charge in [0.05, 0.1) is 15.2 Å². The molecule has 2 aromatic carbocycles. The molecule has 0 spiro atoms. The van der Waals surface area contributed by atoms with Crippen LogP contribution in [0.3, 0.4) is 0 Å². The van der Waals surface area contributed by atoms with Gasteiger partial charge in [0.25, 0.3) is 5.91 Å². The van der Waals surface area contributed by atoms with E-state index in [1.807, 2.05) is 35.9 Å². The van der Waals surface area contributed by atoms with Crippen LogP contribution in [0.5, 0.6) is 5.75 Å². The standard InChI is InChI=1S/C16H12BrClN2O2S/c1-20-12-4-2-3-5-14(12)23-16(20)19-15(21)9-22-13-7-6-10(17)8-11(13)18/h2-8H,9H2,1H3. The zero-order chi connectivity index (χ0) is 16.4. The van der Waals surface area contributed by atoms with Gasteiger partial charge in [-0.05, 0) is 30.3 Å². The van der Waals surface area contributed by atoms with E-state index in [0.717, 1.165) is 14.7 Å². The molecule has 1 amide bonds. The van der Waals surface area contributed by atoms with Crippen molar-refractivity contribution in [2.75, 3.05) is 6.61 Å². The zero-order valence-electron chi connectivity index (χ0n) is 12.1. The van der Waals surface area contributed by atoms with E-state index in [2.05, 4.69) is 20.9 Å². The fourth-order valence-electron chi connectivity index (χ4n) is 2.06. The summed E-state index contributed by atoms with van der Waals surface area (Å²) >= 11 is 10.8. The number of amides is 1. The minimum Gasteiger partial charge on any atom is -0.482 e. The molecule has 0 N–H and O–H groups in total. The van der Waals surface area contributed by atoms with Crippen molar-refractivity contribution in [2.24, 2.45) is 12.0 Å². The van der Waals surface area contributed by atoms with Crippen LogP contribution in [-0.2, 0) is 11.8 Å². The quantitative estimate of drug-likeness (QED) is 0.649. The second-order valence-electron chi connectivity index (χ2n) is 4.78. The predicted octanol–water partition coefficient (Wildman–Crippen LogP) is 4.16. The van der Waals surface area contributed by atoms with Crippen molar-refractivity contribution in [3.8, 4) is 5.75 Å². The molecule has 0 bridgehead atoms. The summed E-state index contributed by atoms with van der Waals surface area (Å²) in [5.74, 6) is 0.102. The third kappa shape index (κ3) is 3.65. The number of halogens is 2. The zero-order valence-corrected chi connectivity index (χ0v) is 15.3. The van der Waals surface area contributed by atoms with E-state index in [4.69, 9.17) is 16.3 Å². The van der Waals surface area contributed by atoms with Gasteiger partial charge in [-0.25, -0.2) is 0 Å². The summed E-state index contributed by atoms with van der Waals surface area (Å²) in [7, 11) is 1.89. The molecule has 0 aliphatic rings.